The summed E-state index contributed by atoms with van der Waals surface area (Å²) in [6, 6.07) is 0. The summed E-state index contributed by atoms with van der Waals surface area (Å²) in [5.41, 5.74) is 8.65. The quantitative estimate of drug-likeness (QED) is 0.349. The van der Waals surface area contributed by atoms with E-state index in [0.29, 0.717) is 0 Å². The molecule has 0 saturated heterocycles. The van der Waals surface area contributed by atoms with Crippen LogP contribution in [0.5, 0.6) is 0 Å². The maximum atomic E-state index is 6.65. The lowest BCUT2D eigenvalue weighted by Crippen LogP contribution is -2.35. The van der Waals surface area contributed by atoms with Crippen molar-refractivity contribution in [1.29, 1.82) is 0 Å². The second-order valence-electron chi connectivity index (χ2n) is 13.9. The molecule has 3 aliphatic rings. The average molecular weight is 455 g/mol. The molecule has 32 heavy (non-hydrogen) atoms. The van der Waals surface area contributed by atoms with Gasteiger partial charge in [0.05, 0.1) is 11.9 Å². The molecule has 0 spiro atoms. The van der Waals surface area contributed by atoms with E-state index in [1.54, 1.807) is 0 Å². The van der Waals surface area contributed by atoms with Gasteiger partial charge in [-0.2, -0.15) is 0 Å². The van der Waals surface area contributed by atoms with Gasteiger partial charge in [0.2, 0.25) is 0 Å². The van der Waals surface area contributed by atoms with E-state index < -0.39 is 10.0 Å². The highest BCUT2D eigenvalue weighted by atomic mass is 28.3. The molecule has 1 atom stereocenters. The Hall–Kier alpha value is -1.32. The molecule has 1 unspecified atom stereocenters. The Morgan fingerprint density at radius 3 is 1.84 bits per heavy atom. The third kappa shape index (κ3) is 5.09. The number of hydrogen-bond donors (Lipinski definition) is 0. The molecule has 178 valence electrons. The van der Waals surface area contributed by atoms with Crippen molar-refractivity contribution in [1.82, 2.24) is 0 Å². The zero-order valence-electron chi connectivity index (χ0n) is 22.7. The van der Waals surface area contributed by atoms with Gasteiger partial charge in [0.25, 0.3) is 0 Å². The van der Waals surface area contributed by atoms with Crippen LogP contribution in [0.25, 0.3) is 0 Å². The van der Waals surface area contributed by atoms with Gasteiger partial charge in [0, 0.05) is 11.0 Å². The molecule has 0 amide bonds. The summed E-state index contributed by atoms with van der Waals surface area (Å²) >= 11 is 0. The van der Waals surface area contributed by atoms with Gasteiger partial charge in [-0.25, -0.2) is 0 Å². The van der Waals surface area contributed by atoms with Gasteiger partial charge in [-0.3, -0.25) is 0 Å². The van der Waals surface area contributed by atoms with Crippen LogP contribution in [0.15, 0.2) is 57.4 Å². The summed E-state index contributed by atoms with van der Waals surface area (Å²) in [5.74, 6) is 1.11. The van der Waals surface area contributed by atoms with Gasteiger partial charge in [-0.15, -0.1) is 0 Å². The summed E-state index contributed by atoms with van der Waals surface area (Å²) < 4.78 is 13.2. The SMILES string of the molecule is CC(C)(C)C1=C/C2=C3\CCC(C(C)(C)C)=CC3=C(C(C)(C)C)O[SiH2]OC2C(C(C)(C)C)=C1. The molecule has 0 aromatic carbocycles. The largest absolute Gasteiger partial charge is 0.527 e. The third-order valence-corrected chi connectivity index (χ3v) is 7.76. The Balaban J connectivity index is 2.37. The summed E-state index contributed by atoms with van der Waals surface area (Å²) in [4.78, 5) is 0. The molecular formula is C29H46O2Si. The van der Waals surface area contributed by atoms with E-state index in [1.165, 1.54) is 33.4 Å². The Morgan fingerprint density at radius 2 is 1.34 bits per heavy atom. The second-order valence-corrected chi connectivity index (χ2v) is 14.7. The standard InChI is InChI=1S/C29H46O2Si/c1-26(2,3)18-13-14-20-21-16-19(27(4,5)6)17-23(28(7,8)9)24(21)30-32-31-25(22(20)15-18)29(10,11)12/h15-17,24H,13-14,32H2,1-12H3/b21-20-,25-22?. The molecule has 0 bridgehead atoms. The van der Waals surface area contributed by atoms with E-state index >= 15 is 0 Å². The van der Waals surface area contributed by atoms with E-state index in [-0.39, 0.29) is 27.8 Å². The van der Waals surface area contributed by atoms with E-state index in [1.807, 2.05) is 0 Å². The fourth-order valence-electron chi connectivity index (χ4n) is 4.84. The van der Waals surface area contributed by atoms with Gasteiger partial charge in [-0.05, 0) is 51.4 Å². The van der Waals surface area contributed by atoms with Crippen molar-refractivity contribution in [2.45, 2.75) is 102 Å². The predicted molar refractivity (Wildman–Crippen MR) is 140 cm³/mol. The molecule has 1 heterocycles. The lowest BCUT2D eigenvalue weighted by atomic mass is 9.69. The lowest BCUT2D eigenvalue weighted by Gasteiger charge is -2.41. The summed E-state index contributed by atoms with van der Waals surface area (Å²) in [7, 11) is -1.17. The van der Waals surface area contributed by atoms with Gasteiger partial charge < -0.3 is 8.85 Å². The molecule has 0 N–H and O–H groups in total. The molecule has 0 radical (unpaired) electrons. The average Bonchev–Trinajstić information content (AvgIpc) is 2.59. The number of allylic oxidation sites excluding steroid dienone is 7. The smallest absolute Gasteiger partial charge is 0.366 e. The van der Waals surface area contributed by atoms with Crippen LogP contribution in [0, 0.1) is 21.7 Å². The van der Waals surface area contributed by atoms with Crippen molar-refractivity contribution in [3.8, 4) is 0 Å². The van der Waals surface area contributed by atoms with Crippen molar-refractivity contribution in [3.63, 3.8) is 0 Å². The Morgan fingerprint density at radius 1 is 0.719 bits per heavy atom. The number of rotatable bonds is 0. The minimum atomic E-state index is -1.17. The van der Waals surface area contributed by atoms with Crippen LogP contribution in [0.1, 0.15) is 95.9 Å². The Kier molecular flexibility index (Phi) is 6.45. The minimum absolute atomic E-state index is 0.00358. The highest BCUT2D eigenvalue weighted by Crippen LogP contribution is 2.48. The fraction of sp³-hybridized carbons (Fsp3) is 0.655. The van der Waals surface area contributed by atoms with Gasteiger partial charge in [-0.1, -0.05) is 107 Å². The highest BCUT2D eigenvalue weighted by molar-refractivity contribution is 6.19. The Labute approximate surface area is 200 Å². The maximum Gasteiger partial charge on any atom is 0.366 e. The second kappa shape index (κ2) is 8.16. The van der Waals surface area contributed by atoms with Crippen molar-refractivity contribution >= 4 is 10.0 Å². The van der Waals surface area contributed by atoms with Crippen LogP contribution in [0.4, 0.5) is 0 Å². The first-order valence-electron chi connectivity index (χ1n) is 12.3. The minimum Gasteiger partial charge on any atom is -0.527 e. The van der Waals surface area contributed by atoms with Crippen molar-refractivity contribution in [3.05, 3.63) is 57.4 Å². The zero-order chi connectivity index (χ0) is 24.3. The monoisotopic (exact) mass is 454 g/mol. The maximum absolute atomic E-state index is 6.65. The third-order valence-electron chi connectivity index (χ3n) is 6.88. The van der Waals surface area contributed by atoms with E-state index in [4.69, 9.17) is 8.85 Å². The first-order chi connectivity index (χ1) is 14.4. The van der Waals surface area contributed by atoms with Gasteiger partial charge >= 0.3 is 10.0 Å². The topological polar surface area (TPSA) is 18.5 Å². The molecule has 2 aliphatic carbocycles. The lowest BCUT2D eigenvalue weighted by molar-refractivity contribution is 0.182. The highest BCUT2D eigenvalue weighted by Gasteiger charge is 2.39. The molecule has 0 aromatic heterocycles. The number of hydrogen-bond acceptors (Lipinski definition) is 2. The van der Waals surface area contributed by atoms with Crippen LogP contribution in [0.2, 0.25) is 0 Å². The van der Waals surface area contributed by atoms with E-state index in [9.17, 15) is 0 Å². The van der Waals surface area contributed by atoms with Gasteiger partial charge in [0.15, 0.2) is 0 Å². The molecule has 0 aromatic rings. The van der Waals surface area contributed by atoms with Crippen molar-refractivity contribution < 1.29 is 8.85 Å². The fourth-order valence-corrected chi connectivity index (χ4v) is 6.11. The van der Waals surface area contributed by atoms with E-state index in [0.717, 1.165) is 18.6 Å². The van der Waals surface area contributed by atoms with Crippen molar-refractivity contribution in [2.75, 3.05) is 0 Å². The number of fused-ring (bicyclic) bond motifs is 2. The van der Waals surface area contributed by atoms with E-state index in [2.05, 4.69) is 101 Å². The summed E-state index contributed by atoms with van der Waals surface area (Å²) in [5, 5.41) is 0. The molecule has 3 rings (SSSR count). The summed E-state index contributed by atoms with van der Waals surface area (Å²) in [6.07, 6.45) is 9.47. The van der Waals surface area contributed by atoms with Crippen LogP contribution in [-0.2, 0) is 8.85 Å². The van der Waals surface area contributed by atoms with Crippen LogP contribution in [-0.4, -0.2) is 16.1 Å². The van der Waals surface area contributed by atoms with Crippen LogP contribution < -0.4 is 0 Å². The summed E-state index contributed by atoms with van der Waals surface area (Å²) in [6.45, 7) is 27.7. The normalized spacial score (nSPS) is 26.4. The molecular weight excluding hydrogens is 408 g/mol. The predicted octanol–water partition coefficient (Wildman–Crippen LogP) is 7.72. The Bertz CT molecular complexity index is 926. The molecule has 2 nitrogen and oxygen atoms in total. The molecule has 3 heteroatoms. The zero-order valence-corrected chi connectivity index (χ0v) is 24.2. The molecule has 1 aliphatic heterocycles. The van der Waals surface area contributed by atoms with Crippen LogP contribution in [0.3, 0.4) is 0 Å². The first-order valence-corrected chi connectivity index (χ1v) is 13.4. The molecule has 0 fully saturated rings. The first kappa shape index (κ1) is 25.3. The van der Waals surface area contributed by atoms with Crippen LogP contribution >= 0.6 is 0 Å². The molecule has 0 saturated carbocycles. The van der Waals surface area contributed by atoms with Crippen molar-refractivity contribution in [2.24, 2.45) is 21.7 Å². The van der Waals surface area contributed by atoms with Gasteiger partial charge in [0.1, 0.15) is 0 Å².